The molecule has 4 nitrogen and oxygen atoms in total. The molecule has 22 heavy (non-hydrogen) atoms. The van der Waals surface area contributed by atoms with E-state index >= 15 is 0 Å². The Morgan fingerprint density at radius 2 is 1.64 bits per heavy atom. The molecule has 5 heteroatoms. The quantitative estimate of drug-likeness (QED) is 0.833. The summed E-state index contributed by atoms with van der Waals surface area (Å²) in [6.45, 7) is 6.29. The molecule has 2 aromatic rings. The van der Waals surface area contributed by atoms with Gasteiger partial charge in [0.25, 0.3) is 0 Å². The van der Waals surface area contributed by atoms with Crippen LogP contribution in [0.3, 0.4) is 0 Å². The van der Waals surface area contributed by atoms with Crippen LogP contribution in [0.2, 0.25) is 0 Å². The Balaban J connectivity index is 1.92. The second-order valence-electron chi connectivity index (χ2n) is 5.34. The van der Waals surface area contributed by atoms with E-state index in [-0.39, 0.29) is 13.2 Å². The van der Waals surface area contributed by atoms with E-state index in [1.54, 1.807) is 25.1 Å². The molecule has 0 aliphatic heterocycles. The van der Waals surface area contributed by atoms with E-state index < -0.39 is 10.0 Å². The molecule has 2 rings (SSSR count). The van der Waals surface area contributed by atoms with E-state index in [2.05, 4.69) is 10.8 Å². The smallest absolute Gasteiger partial charge is 0.240 e. The zero-order valence-corrected chi connectivity index (χ0v) is 13.9. The number of nitrogens with one attached hydrogen (secondary N) is 1. The van der Waals surface area contributed by atoms with Crippen LogP contribution in [0.5, 0.6) is 5.75 Å². The third-order valence-corrected chi connectivity index (χ3v) is 4.86. The number of hydrogen-bond donors (Lipinski definition) is 1. The number of aryl methyl sites for hydroxylation is 3. The Labute approximate surface area is 132 Å². The number of hydrogen-bond acceptors (Lipinski definition) is 3. The summed E-state index contributed by atoms with van der Waals surface area (Å²) in [5.74, 6) is 0.757. The number of rotatable bonds is 6. The van der Waals surface area contributed by atoms with Crippen LogP contribution in [-0.4, -0.2) is 21.6 Å². The third kappa shape index (κ3) is 4.32. The first-order chi connectivity index (χ1) is 10.4. The molecule has 0 saturated heterocycles. The van der Waals surface area contributed by atoms with Crippen molar-refractivity contribution >= 4 is 10.0 Å². The van der Waals surface area contributed by atoms with Gasteiger partial charge in [0.15, 0.2) is 0 Å². The molecule has 118 valence electrons. The van der Waals surface area contributed by atoms with E-state index in [0.29, 0.717) is 4.90 Å². The summed E-state index contributed by atoms with van der Waals surface area (Å²) in [4.78, 5) is 0.307. The van der Waals surface area contributed by atoms with Gasteiger partial charge in [0.2, 0.25) is 10.0 Å². The average molecular weight is 319 g/mol. The molecule has 0 heterocycles. The number of sulfonamides is 1. The van der Waals surface area contributed by atoms with Crippen molar-refractivity contribution in [2.24, 2.45) is 0 Å². The fourth-order valence-electron chi connectivity index (χ4n) is 2.30. The van der Waals surface area contributed by atoms with E-state index in [0.717, 1.165) is 22.4 Å². The summed E-state index contributed by atoms with van der Waals surface area (Å²) in [7, 11) is -3.49. The van der Waals surface area contributed by atoms with Gasteiger partial charge in [-0.1, -0.05) is 24.3 Å². The topological polar surface area (TPSA) is 55.4 Å². The lowest BCUT2D eigenvalue weighted by molar-refractivity contribution is 0.322. The Bertz CT molecular complexity index is 734. The second-order valence-corrected chi connectivity index (χ2v) is 7.07. The van der Waals surface area contributed by atoms with E-state index in [1.165, 1.54) is 0 Å². The van der Waals surface area contributed by atoms with E-state index in [1.807, 2.05) is 32.0 Å². The molecule has 1 N–H and O–H groups in total. The molecule has 0 bridgehead atoms. The molecule has 0 unspecified atom stereocenters. The maximum absolute atomic E-state index is 12.2. The summed E-state index contributed by atoms with van der Waals surface area (Å²) in [5.41, 5.74) is 2.97. The molecule has 0 fully saturated rings. The Morgan fingerprint density at radius 1 is 1.00 bits per heavy atom. The van der Waals surface area contributed by atoms with Gasteiger partial charge in [0.05, 0.1) is 4.90 Å². The molecular weight excluding hydrogens is 298 g/mol. The fourth-order valence-corrected chi connectivity index (χ4v) is 3.55. The highest BCUT2D eigenvalue weighted by Gasteiger charge is 2.15. The van der Waals surface area contributed by atoms with Gasteiger partial charge in [0.1, 0.15) is 12.4 Å². The van der Waals surface area contributed by atoms with Crippen LogP contribution in [0, 0.1) is 20.8 Å². The third-order valence-electron chi connectivity index (χ3n) is 3.24. The standard InChI is InChI=1S/C17H21NO3S/c1-13-10-14(2)12-16(11-13)21-9-8-18-22(19,20)17-7-5-4-6-15(17)3/h4-7,10-12,18H,8-9H2,1-3H3. The van der Waals surface area contributed by atoms with Gasteiger partial charge < -0.3 is 4.74 Å². The van der Waals surface area contributed by atoms with Crippen molar-refractivity contribution in [3.8, 4) is 5.75 Å². The minimum absolute atomic E-state index is 0.226. The fraction of sp³-hybridized carbons (Fsp3) is 0.294. The van der Waals surface area contributed by atoms with Crippen LogP contribution in [0.4, 0.5) is 0 Å². The van der Waals surface area contributed by atoms with Crippen LogP contribution in [0.15, 0.2) is 47.4 Å². The molecular formula is C17H21NO3S. The maximum atomic E-state index is 12.2. The minimum atomic E-state index is -3.49. The van der Waals surface area contributed by atoms with Crippen molar-refractivity contribution in [1.29, 1.82) is 0 Å². The molecule has 0 radical (unpaired) electrons. The van der Waals surface area contributed by atoms with E-state index in [4.69, 9.17) is 4.74 Å². The van der Waals surface area contributed by atoms with Crippen molar-refractivity contribution in [1.82, 2.24) is 4.72 Å². The lowest BCUT2D eigenvalue weighted by Crippen LogP contribution is -2.28. The average Bonchev–Trinajstić information content (AvgIpc) is 2.43. The molecule has 0 aromatic heterocycles. The van der Waals surface area contributed by atoms with Crippen molar-refractivity contribution < 1.29 is 13.2 Å². The Kier molecular flexibility index (Phi) is 5.21. The second kappa shape index (κ2) is 6.94. The van der Waals surface area contributed by atoms with Gasteiger partial charge in [-0.05, 0) is 55.7 Å². The molecule has 0 amide bonds. The largest absolute Gasteiger partial charge is 0.492 e. The van der Waals surface area contributed by atoms with Crippen LogP contribution in [0.1, 0.15) is 16.7 Å². The summed E-state index contributed by atoms with van der Waals surface area (Å²) in [6, 6.07) is 12.8. The van der Waals surface area contributed by atoms with E-state index in [9.17, 15) is 8.42 Å². The van der Waals surface area contributed by atoms with Gasteiger partial charge in [-0.3, -0.25) is 0 Å². The maximum Gasteiger partial charge on any atom is 0.240 e. The zero-order valence-electron chi connectivity index (χ0n) is 13.1. The monoisotopic (exact) mass is 319 g/mol. The van der Waals surface area contributed by atoms with Crippen LogP contribution in [0.25, 0.3) is 0 Å². The first kappa shape index (κ1) is 16.5. The van der Waals surface area contributed by atoms with Crippen molar-refractivity contribution in [2.75, 3.05) is 13.2 Å². The summed E-state index contributed by atoms with van der Waals surface area (Å²) in [6.07, 6.45) is 0. The Morgan fingerprint density at radius 3 is 2.27 bits per heavy atom. The SMILES string of the molecule is Cc1cc(C)cc(OCCNS(=O)(=O)c2ccccc2C)c1. The van der Waals surface area contributed by atoms with Gasteiger partial charge in [0, 0.05) is 6.54 Å². The molecule has 2 aromatic carbocycles. The van der Waals surface area contributed by atoms with Gasteiger partial charge in [-0.25, -0.2) is 13.1 Å². The lowest BCUT2D eigenvalue weighted by atomic mass is 10.1. The molecule has 0 spiro atoms. The van der Waals surface area contributed by atoms with Crippen molar-refractivity contribution in [3.63, 3.8) is 0 Å². The molecule has 0 aliphatic rings. The molecule has 0 aliphatic carbocycles. The van der Waals surface area contributed by atoms with Crippen LogP contribution >= 0.6 is 0 Å². The molecule has 0 atom stereocenters. The highest BCUT2D eigenvalue weighted by Crippen LogP contribution is 2.16. The first-order valence-corrected chi connectivity index (χ1v) is 8.63. The van der Waals surface area contributed by atoms with Gasteiger partial charge in [-0.2, -0.15) is 0 Å². The number of benzene rings is 2. The Hall–Kier alpha value is -1.85. The highest BCUT2D eigenvalue weighted by atomic mass is 32.2. The predicted octanol–water partition coefficient (Wildman–Crippen LogP) is 2.97. The minimum Gasteiger partial charge on any atom is -0.492 e. The first-order valence-electron chi connectivity index (χ1n) is 7.15. The number of ether oxygens (including phenoxy) is 1. The summed E-state index contributed by atoms with van der Waals surface area (Å²) < 4.78 is 32.6. The zero-order chi connectivity index (χ0) is 16.2. The summed E-state index contributed by atoms with van der Waals surface area (Å²) >= 11 is 0. The van der Waals surface area contributed by atoms with Crippen molar-refractivity contribution in [3.05, 3.63) is 59.2 Å². The van der Waals surface area contributed by atoms with Crippen LogP contribution < -0.4 is 9.46 Å². The van der Waals surface area contributed by atoms with Crippen LogP contribution in [-0.2, 0) is 10.0 Å². The lowest BCUT2D eigenvalue weighted by Gasteiger charge is -2.11. The summed E-state index contributed by atoms with van der Waals surface area (Å²) in [5, 5.41) is 0. The van der Waals surface area contributed by atoms with Crippen molar-refractivity contribution in [2.45, 2.75) is 25.7 Å². The highest BCUT2D eigenvalue weighted by molar-refractivity contribution is 7.89. The van der Waals surface area contributed by atoms with Gasteiger partial charge >= 0.3 is 0 Å². The predicted molar refractivity (Wildman–Crippen MR) is 87.8 cm³/mol. The van der Waals surface area contributed by atoms with Gasteiger partial charge in [-0.15, -0.1) is 0 Å². The molecule has 0 saturated carbocycles. The normalized spacial score (nSPS) is 11.4.